The summed E-state index contributed by atoms with van der Waals surface area (Å²) in [5, 5.41) is 28.7. The van der Waals surface area contributed by atoms with Gasteiger partial charge < -0.3 is 25.0 Å². The van der Waals surface area contributed by atoms with Crippen LogP contribution in [0.2, 0.25) is 0 Å². The topological polar surface area (TPSA) is 133 Å². The molecule has 0 aromatic carbocycles. The van der Waals surface area contributed by atoms with Gasteiger partial charge in [-0.1, -0.05) is 0 Å². The predicted octanol–water partition coefficient (Wildman–Crippen LogP) is -1.33. The van der Waals surface area contributed by atoms with Crippen LogP contribution in [0.5, 0.6) is 0 Å². The van der Waals surface area contributed by atoms with Gasteiger partial charge in [0.05, 0.1) is 12.9 Å². The van der Waals surface area contributed by atoms with Crippen LogP contribution in [-0.4, -0.2) is 59.8 Å². The van der Waals surface area contributed by atoms with Crippen LogP contribution in [0.15, 0.2) is 11.1 Å². The van der Waals surface area contributed by atoms with Crippen LogP contribution >= 0.6 is 0 Å². The number of hydrogen-bond donors (Lipinski definition) is 4. The number of rotatable bonds is 3. The molecule has 2 aromatic heterocycles. The van der Waals surface area contributed by atoms with Crippen LogP contribution in [0.25, 0.3) is 11.2 Å². The Hall–Kier alpha value is -1.95. The summed E-state index contributed by atoms with van der Waals surface area (Å²) in [7, 11) is 0. The first-order valence-electron chi connectivity index (χ1n) is 6.31. The summed E-state index contributed by atoms with van der Waals surface area (Å²) in [5.41, 5.74) is -1.28. The Labute approximate surface area is 120 Å². The highest BCUT2D eigenvalue weighted by Gasteiger charge is 2.44. The van der Waals surface area contributed by atoms with Gasteiger partial charge in [0.15, 0.2) is 23.2 Å². The fourth-order valence-corrected chi connectivity index (χ4v) is 2.34. The van der Waals surface area contributed by atoms with E-state index in [0.717, 1.165) is 10.9 Å². The van der Waals surface area contributed by atoms with E-state index in [1.165, 1.54) is 0 Å². The number of aromatic nitrogens is 4. The number of aliphatic hydroxyl groups excluding tert-OH is 3. The molecule has 22 heavy (non-hydrogen) atoms. The second kappa shape index (κ2) is 5.35. The number of alkyl halides is 2. The quantitative estimate of drug-likeness (QED) is 0.551. The van der Waals surface area contributed by atoms with Crippen molar-refractivity contribution in [3.05, 3.63) is 22.5 Å². The molecule has 4 atom stereocenters. The van der Waals surface area contributed by atoms with Crippen LogP contribution in [-0.2, 0) is 4.74 Å². The molecule has 3 rings (SSSR count). The van der Waals surface area contributed by atoms with E-state index in [1.54, 1.807) is 0 Å². The van der Waals surface area contributed by atoms with Gasteiger partial charge in [0, 0.05) is 0 Å². The van der Waals surface area contributed by atoms with Gasteiger partial charge in [-0.25, -0.2) is 18.7 Å². The molecule has 3 heterocycles. The van der Waals surface area contributed by atoms with E-state index in [0.29, 0.717) is 0 Å². The number of ether oxygens (including phenoxy) is 1. The molecule has 1 saturated heterocycles. The van der Waals surface area contributed by atoms with E-state index in [2.05, 4.69) is 9.97 Å². The predicted molar refractivity (Wildman–Crippen MR) is 66.1 cm³/mol. The Kier molecular flexibility index (Phi) is 3.64. The molecule has 0 unspecified atom stereocenters. The molecule has 1 fully saturated rings. The summed E-state index contributed by atoms with van der Waals surface area (Å²) in [4.78, 5) is 21.0. The lowest BCUT2D eigenvalue weighted by atomic mass is 10.1. The Bertz CT molecular complexity index is 748. The van der Waals surface area contributed by atoms with Gasteiger partial charge in [0.2, 0.25) is 0 Å². The Morgan fingerprint density at radius 2 is 2.14 bits per heavy atom. The minimum atomic E-state index is -2.99. The zero-order valence-corrected chi connectivity index (χ0v) is 10.9. The minimum absolute atomic E-state index is 0.206. The zero-order chi connectivity index (χ0) is 16.0. The third-order valence-electron chi connectivity index (χ3n) is 3.45. The van der Waals surface area contributed by atoms with E-state index in [-0.39, 0.29) is 11.2 Å². The average Bonchev–Trinajstić information content (AvgIpc) is 3.02. The van der Waals surface area contributed by atoms with Crippen molar-refractivity contribution in [1.82, 2.24) is 19.5 Å². The fourth-order valence-electron chi connectivity index (χ4n) is 2.34. The monoisotopic (exact) mass is 318 g/mol. The highest BCUT2D eigenvalue weighted by Crippen LogP contribution is 2.31. The van der Waals surface area contributed by atoms with Gasteiger partial charge >= 0.3 is 0 Å². The maximum atomic E-state index is 12.7. The number of nitrogens with zero attached hydrogens (tertiary/aromatic N) is 3. The summed E-state index contributed by atoms with van der Waals surface area (Å²) in [6.07, 6.45) is -6.98. The number of halogens is 2. The number of aliphatic hydroxyl groups is 3. The van der Waals surface area contributed by atoms with Gasteiger partial charge in [-0.15, -0.1) is 0 Å². The van der Waals surface area contributed by atoms with Crippen molar-refractivity contribution >= 4 is 11.2 Å². The van der Waals surface area contributed by atoms with Gasteiger partial charge in [-0.2, -0.15) is 0 Å². The first-order valence-corrected chi connectivity index (χ1v) is 6.31. The normalized spacial score (nSPS) is 28.8. The SMILES string of the molecule is O=c1[nH]c(C(F)F)nc2c1ncn2[C@H]1O[C@@H](CO)[C@H](O)[C@@H]1O. The Morgan fingerprint density at radius 3 is 2.73 bits per heavy atom. The van der Waals surface area contributed by atoms with E-state index >= 15 is 0 Å². The first-order chi connectivity index (χ1) is 10.4. The number of nitrogens with one attached hydrogen (secondary N) is 1. The van der Waals surface area contributed by atoms with Crippen molar-refractivity contribution in [2.75, 3.05) is 6.61 Å². The van der Waals surface area contributed by atoms with Crippen molar-refractivity contribution < 1.29 is 28.8 Å². The molecule has 0 saturated carbocycles. The molecule has 0 bridgehead atoms. The zero-order valence-electron chi connectivity index (χ0n) is 10.9. The van der Waals surface area contributed by atoms with Crippen LogP contribution in [0, 0.1) is 0 Å². The van der Waals surface area contributed by atoms with E-state index in [1.807, 2.05) is 4.98 Å². The first kappa shape index (κ1) is 15.0. The molecule has 0 amide bonds. The highest BCUT2D eigenvalue weighted by molar-refractivity contribution is 5.69. The molecule has 0 spiro atoms. The summed E-state index contributed by atoms with van der Waals surface area (Å²) in [6.45, 7) is -0.544. The molecule has 9 nitrogen and oxygen atoms in total. The molecular formula is C11H12F2N4O5. The Balaban J connectivity index is 2.10. The van der Waals surface area contributed by atoms with E-state index in [4.69, 9.17) is 9.84 Å². The number of aromatic amines is 1. The fraction of sp³-hybridized carbons (Fsp3) is 0.545. The summed E-state index contributed by atoms with van der Waals surface area (Å²) in [6, 6.07) is 0. The van der Waals surface area contributed by atoms with Crippen molar-refractivity contribution in [2.24, 2.45) is 0 Å². The van der Waals surface area contributed by atoms with Crippen molar-refractivity contribution in [2.45, 2.75) is 31.0 Å². The maximum Gasteiger partial charge on any atom is 0.295 e. The molecule has 0 radical (unpaired) electrons. The molecule has 1 aliphatic rings. The average molecular weight is 318 g/mol. The lowest BCUT2D eigenvalue weighted by Crippen LogP contribution is -2.33. The molecule has 11 heteroatoms. The van der Waals surface area contributed by atoms with Crippen LogP contribution in [0.3, 0.4) is 0 Å². The van der Waals surface area contributed by atoms with Crippen LogP contribution in [0.1, 0.15) is 18.5 Å². The third-order valence-corrected chi connectivity index (χ3v) is 3.45. The van der Waals surface area contributed by atoms with Gasteiger partial charge in [0.25, 0.3) is 12.0 Å². The summed E-state index contributed by atoms with van der Waals surface area (Å²) < 4.78 is 31.8. The molecular weight excluding hydrogens is 306 g/mol. The molecule has 1 aliphatic heterocycles. The lowest BCUT2D eigenvalue weighted by Gasteiger charge is -2.16. The van der Waals surface area contributed by atoms with E-state index < -0.39 is 49.0 Å². The van der Waals surface area contributed by atoms with Gasteiger partial charge in [-0.05, 0) is 0 Å². The van der Waals surface area contributed by atoms with Crippen molar-refractivity contribution in [3.63, 3.8) is 0 Å². The Morgan fingerprint density at radius 1 is 1.41 bits per heavy atom. The van der Waals surface area contributed by atoms with Crippen molar-refractivity contribution in [3.8, 4) is 0 Å². The highest BCUT2D eigenvalue weighted by atomic mass is 19.3. The standard InChI is InChI=1S/C11H12F2N4O5/c12-7(13)8-15-9-4(10(21)16-8)14-2-17(9)11-6(20)5(19)3(1-18)22-11/h2-3,5-7,11,18-20H,1H2,(H,15,16,21)/t3-,5-,6-,11-/m0/s1. The van der Waals surface area contributed by atoms with Gasteiger partial charge in [-0.3, -0.25) is 9.36 Å². The lowest BCUT2D eigenvalue weighted by molar-refractivity contribution is -0.0511. The minimum Gasteiger partial charge on any atom is -0.394 e. The number of H-pyrrole nitrogens is 1. The second-order valence-electron chi connectivity index (χ2n) is 4.80. The maximum absolute atomic E-state index is 12.7. The van der Waals surface area contributed by atoms with Crippen LogP contribution < -0.4 is 5.56 Å². The third kappa shape index (κ3) is 2.18. The number of fused-ring (bicyclic) bond motifs is 1. The second-order valence-corrected chi connectivity index (χ2v) is 4.80. The van der Waals surface area contributed by atoms with Gasteiger partial charge in [0.1, 0.15) is 18.3 Å². The molecule has 0 aliphatic carbocycles. The molecule has 120 valence electrons. The van der Waals surface area contributed by atoms with Crippen LogP contribution in [0.4, 0.5) is 8.78 Å². The van der Waals surface area contributed by atoms with E-state index in [9.17, 15) is 23.8 Å². The molecule has 2 aromatic rings. The summed E-state index contributed by atoms with van der Waals surface area (Å²) in [5.74, 6) is -0.842. The largest absolute Gasteiger partial charge is 0.394 e. The number of hydrogen-bond acceptors (Lipinski definition) is 7. The number of imidazole rings is 1. The molecule has 4 N–H and O–H groups in total. The summed E-state index contributed by atoms with van der Waals surface area (Å²) >= 11 is 0. The smallest absolute Gasteiger partial charge is 0.295 e. The van der Waals surface area contributed by atoms with Crippen molar-refractivity contribution in [1.29, 1.82) is 0 Å².